The molecule has 3 nitrogen and oxygen atoms in total. The molecule has 98 valence electrons. The molecule has 0 atom stereocenters. The van der Waals surface area contributed by atoms with E-state index in [0.29, 0.717) is 0 Å². The van der Waals surface area contributed by atoms with E-state index in [-0.39, 0.29) is 0 Å². The molecule has 0 unspecified atom stereocenters. The smallest absolute Gasteiger partial charge is 0.0677 e. The van der Waals surface area contributed by atoms with Crippen molar-refractivity contribution in [1.29, 1.82) is 0 Å². The fraction of sp³-hybridized carbons (Fsp3) is 0.214. The third-order valence-corrected chi connectivity index (χ3v) is 4.66. The van der Waals surface area contributed by atoms with Crippen LogP contribution in [0.3, 0.4) is 0 Å². The van der Waals surface area contributed by atoms with Crippen molar-refractivity contribution in [2.24, 2.45) is 0 Å². The summed E-state index contributed by atoms with van der Waals surface area (Å²) in [4.78, 5) is 1.38. The first-order valence-electron chi connectivity index (χ1n) is 6.10. The molecule has 0 saturated heterocycles. The molecule has 1 aromatic carbocycles. The molecule has 3 aromatic rings. The zero-order chi connectivity index (χ0) is 13.2. The van der Waals surface area contributed by atoms with Gasteiger partial charge in [0.1, 0.15) is 0 Å². The van der Waals surface area contributed by atoms with Crippen molar-refractivity contribution in [3.05, 3.63) is 51.6 Å². The Labute approximate surface area is 124 Å². The van der Waals surface area contributed by atoms with Gasteiger partial charge >= 0.3 is 0 Å². The van der Waals surface area contributed by atoms with Crippen LogP contribution >= 0.6 is 27.3 Å². The summed E-state index contributed by atoms with van der Waals surface area (Å²) in [5, 5.41) is 8.94. The highest BCUT2D eigenvalue weighted by Gasteiger charge is 2.12. The van der Waals surface area contributed by atoms with Gasteiger partial charge in [-0.25, -0.2) is 0 Å². The molecule has 1 N–H and O–H groups in total. The Morgan fingerprint density at radius 3 is 2.95 bits per heavy atom. The van der Waals surface area contributed by atoms with E-state index in [1.807, 2.05) is 35.5 Å². The summed E-state index contributed by atoms with van der Waals surface area (Å²) in [6.07, 6.45) is 3.84. The molecular weight excluding hydrogens is 322 g/mol. The topological polar surface area (TPSA) is 29.9 Å². The van der Waals surface area contributed by atoms with Crippen molar-refractivity contribution < 1.29 is 0 Å². The number of hydrogen-bond acceptors (Lipinski definition) is 3. The van der Waals surface area contributed by atoms with Crippen LogP contribution in [0.2, 0.25) is 0 Å². The molecule has 0 aliphatic carbocycles. The van der Waals surface area contributed by atoms with Gasteiger partial charge in [0.2, 0.25) is 0 Å². The summed E-state index contributed by atoms with van der Waals surface area (Å²) in [6, 6.07) is 8.57. The number of halogens is 1. The third kappa shape index (κ3) is 2.59. The first-order chi connectivity index (χ1) is 9.28. The molecule has 19 heavy (non-hydrogen) atoms. The van der Waals surface area contributed by atoms with E-state index >= 15 is 0 Å². The van der Waals surface area contributed by atoms with Crippen molar-refractivity contribution in [2.45, 2.75) is 13.1 Å². The Bertz CT molecular complexity index is 702. The summed E-state index contributed by atoms with van der Waals surface area (Å²) in [5.41, 5.74) is 1.37. The first kappa shape index (κ1) is 12.8. The maximum absolute atomic E-state index is 4.35. The van der Waals surface area contributed by atoms with Crippen LogP contribution in [0.25, 0.3) is 10.1 Å². The minimum absolute atomic E-state index is 0.812. The van der Waals surface area contributed by atoms with E-state index in [1.165, 1.54) is 20.5 Å². The molecular formula is C14H14BrN3S. The van der Waals surface area contributed by atoms with Gasteiger partial charge in [-0.2, -0.15) is 5.10 Å². The van der Waals surface area contributed by atoms with Crippen LogP contribution in [-0.4, -0.2) is 16.8 Å². The molecule has 3 rings (SSSR count). The van der Waals surface area contributed by atoms with Gasteiger partial charge in [-0.15, -0.1) is 11.3 Å². The highest BCUT2D eigenvalue weighted by molar-refractivity contribution is 9.10. The summed E-state index contributed by atoms with van der Waals surface area (Å²) < 4.78 is 4.33. The van der Waals surface area contributed by atoms with Crippen molar-refractivity contribution in [1.82, 2.24) is 15.1 Å². The van der Waals surface area contributed by atoms with Crippen LogP contribution in [0.4, 0.5) is 0 Å². The number of rotatable bonds is 4. The third-order valence-electron chi connectivity index (χ3n) is 3.04. The number of aromatic nitrogens is 2. The Kier molecular flexibility index (Phi) is 3.68. The lowest BCUT2D eigenvalue weighted by Crippen LogP contribution is -2.08. The molecule has 0 fully saturated rings. The van der Waals surface area contributed by atoms with Gasteiger partial charge < -0.3 is 5.32 Å². The van der Waals surface area contributed by atoms with Crippen LogP contribution < -0.4 is 5.32 Å². The largest absolute Gasteiger partial charge is 0.315 e. The SMILES string of the molecule is CNCc1sc2ccccc2c1Cn1cc(Br)cn1. The summed E-state index contributed by atoms with van der Waals surface area (Å²) in [6.45, 7) is 1.71. The first-order valence-corrected chi connectivity index (χ1v) is 7.70. The molecule has 0 amide bonds. The zero-order valence-corrected chi connectivity index (χ0v) is 13.0. The maximum Gasteiger partial charge on any atom is 0.0677 e. The zero-order valence-electron chi connectivity index (χ0n) is 10.6. The average molecular weight is 336 g/mol. The number of nitrogens with zero attached hydrogens (tertiary/aromatic N) is 2. The second-order valence-electron chi connectivity index (χ2n) is 4.39. The Balaban J connectivity index is 2.06. The number of fused-ring (bicyclic) bond motifs is 1. The van der Waals surface area contributed by atoms with Gasteiger partial charge in [0.05, 0.1) is 17.2 Å². The fourth-order valence-electron chi connectivity index (χ4n) is 2.21. The number of thiophene rings is 1. The molecule has 5 heteroatoms. The fourth-order valence-corrected chi connectivity index (χ4v) is 3.77. The summed E-state index contributed by atoms with van der Waals surface area (Å²) in [7, 11) is 1.98. The molecule has 0 bridgehead atoms. The predicted molar refractivity (Wildman–Crippen MR) is 83.6 cm³/mol. The molecule has 2 aromatic heterocycles. The van der Waals surface area contributed by atoms with E-state index < -0.39 is 0 Å². The van der Waals surface area contributed by atoms with E-state index in [4.69, 9.17) is 0 Å². The minimum Gasteiger partial charge on any atom is -0.315 e. The summed E-state index contributed by atoms with van der Waals surface area (Å²) in [5.74, 6) is 0. The van der Waals surface area contributed by atoms with E-state index in [9.17, 15) is 0 Å². The normalized spacial score (nSPS) is 11.3. The van der Waals surface area contributed by atoms with Crippen LogP contribution in [0, 0.1) is 0 Å². The van der Waals surface area contributed by atoms with Crippen LogP contribution in [0.15, 0.2) is 41.1 Å². The molecule has 0 spiro atoms. The highest BCUT2D eigenvalue weighted by atomic mass is 79.9. The summed E-state index contributed by atoms with van der Waals surface area (Å²) >= 11 is 5.30. The second-order valence-corrected chi connectivity index (χ2v) is 6.44. The van der Waals surface area contributed by atoms with E-state index in [0.717, 1.165) is 17.6 Å². The van der Waals surface area contributed by atoms with Crippen LogP contribution in [0.1, 0.15) is 10.4 Å². The maximum atomic E-state index is 4.35. The van der Waals surface area contributed by atoms with Crippen LogP contribution in [-0.2, 0) is 13.1 Å². The highest BCUT2D eigenvalue weighted by Crippen LogP contribution is 2.31. The van der Waals surface area contributed by atoms with Crippen LogP contribution in [0.5, 0.6) is 0 Å². The number of benzene rings is 1. The minimum atomic E-state index is 0.812. The molecule has 0 aliphatic rings. The van der Waals surface area contributed by atoms with Gasteiger partial charge in [-0.3, -0.25) is 4.68 Å². The lowest BCUT2D eigenvalue weighted by atomic mass is 10.1. The quantitative estimate of drug-likeness (QED) is 0.789. The van der Waals surface area contributed by atoms with Crippen molar-refractivity contribution in [3.63, 3.8) is 0 Å². The van der Waals surface area contributed by atoms with Crippen molar-refractivity contribution in [3.8, 4) is 0 Å². The number of nitrogens with one attached hydrogen (secondary N) is 1. The average Bonchev–Trinajstić information content (AvgIpc) is 2.96. The van der Waals surface area contributed by atoms with Gasteiger partial charge in [0.15, 0.2) is 0 Å². The Hall–Kier alpha value is -1.17. The molecule has 0 aliphatic heterocycles. The molecule has 0 saturated carbocycles. The second kappa shape index (κ2) is 5.45. The standard InChI is InChI=1S/C14H14BrN3S/c1-16-7-14-12(9-18-8-10(15)6-17-18)11-4-2-3-5-13(11)19-14/h2-6,8,16H,7,9H2,1H3. The lowest BCUT2D eigenvalue weighted by molar-refractivity contribution is 0.682. The Morgan fingerprint density at radius 2 is 2.21 bits per heavy atom. The number of hydrogen-bond donors (Lipinski definition) is 1. The van der Waals surface area contributed by atoms with Gasteiger partial charge in [-0.1, -0.05) is 18.2 Å². The lowest BCUT2D eigenvalue weighted by Gasteiger charge is -2.05. The molecule has 0 radical (unpaired) electrons. The van der Waals surface area contributed by atoms with Crippen molar-refractivity contribution >= 4 is 37.4 Å². The molecule has 2 heterocycles. The van der Waals surface area contributed by atoms with Gasteiger partial charge in [0, 0.05) is 22.3 Å². The van der Waals surface area contributed by atoms with E-state index in [1.54, 1.807) is 0 Å². The monoisotopic (exact) mass is 335 g/mol. The van der Waals surface area contributed by atoms with E-state index in [2.05, 4.69) is 50.6 Å². The van der Waals surface area contributed by atoms with Crippen molar-refractivity contribution in [2.75, 3.05) is 7.05 Å². The predicted octanol–water partition coefficient (Wildman–Crippen LogP) is 3.63. The van der Waals surface area contributed by atoms with Gasteiger partial charge in [0.25, 0.3) is 0 Å². The van der Waals surface area contributed by atoms with Gasteiger partial charge in [-0.05, 0) is 40.0 Å². The Morgan fingerprint density at radius 1 is 1.37 bits per heavy atom.